The van der Waals surface area contributed by atoms with Crippen LogP contribution in [0.2, 0.25) is 5.02 Å². The minimum atomic E-state index is -0.650. The van der Waals surface area contributed by atoms with Gasteiger partial charge in [-0.05, 0) is 25.1 Å². The maximum atomic E-state index is 13.6. The quantitative estimate of drug-likeness (QED) is 0.826. The molecular formula is C17H18ClFN2O3. The number of nitrogens with one attached hydrogen (secondary N) is 2. The molecule has 0 saturated carbocycles. The standard InChI is InChI=1S/C17H18ClFN2O3/c1-10(17(22)21-13-7-5-4-6-12(13)19)20-14-8-11(18)15(23-2)9-16(14)24-3/h4-10,20H,1-3H3,(H,21,22)/t10-/m1/s1. The van der Waals surface area contributed by atoms with Crippen molar-refractivity contribution in [3.8, 4) is 11.5 Å². The van der Waals surface area contributed by atoms with E-state index in [4.69, 9.17) is 21.1 Å². The van der Waals surface area contributed by atoms with Gasteiger partial charge in [0.05, 0.1) is 30.6 Å². The topological polar surface area (TPSA) is 59.6 Å². The lowest BCUT2D eigenvalue weighted by molar-refractivity contribution is -0.116. The van der Waals surface area contributed by atoms with E-state index in [1.807, 2.05) is 0 Å². The fraction of sp³-hybridized carbons (Fsp3) is 0.235. The summed E-state index contributed by atoms with van der Waals surface area (Å²) in [5.74, 6) is 0.0431. The van der Waals surface area contributed by atoms with Crippen molar-refractivity contribution >= 4 is 28.9 Å². The van der Waals surface area contributed by atoms with Crippen LogP contribution in [-0.4, -0.2) is 26.2 Å². The predicted molar refractivity (Wildman–Crippen MR) is 92.7 cm³/mol. The molecular weight excluding hydrogens is 335 g/mol. The maximum Gasteiger partial charge on any atom is 0.246 e. The first-order valence-electron chi connectivity index (χ1n) is 7.19. The molecule has 128 valence electrons. The van der Waals surface area contributed by atoms with Crippen molar-refractivity contribution in [1.29, 1.82) is 0 Å². The number of anilines is 2. The highest BCUT2D eigenvalue weighted by Crippen LogP contribution is 2.36. The Kier molecular flexibility index (Phi) is 5.87. The molecule has 0 aliphatic heterocycles. The van der Waals surface area contributed by atoms with Crippen LogP contribution in [-0.2, 0) is 4.79 Å². The second-order valence-electron chi connectivity index (χ2n) is 5.02. The van der Waals surface area contributed by atoms with Crippen molar-refractivity contribution in [2.45, 2.75) is 13.0 Å². The first-order valence-corrected chi connectivity index (χ1v) is 7.57. The van der Waals surface area contributed by atoms with Crippen molar-refractivity contribution in [2.24, 2.45) is 0 Å². The van der Waals surface area contributed by atoms with E-state index in [0.29, 0.717) is 22.2 Å². The van der Waals surface area contributed by atoms with Gasteiger partial charge in [-0.15, -0.1) is 0 Å². The summed E-state index contributed by atoms with van der Waals surface area (Å²) in [5.41, 5.74) is 0.648. The molecule has 0 unspecified atom stereocenters. The van der Waals surface area contributed by atoms with Gasteiger partial charge in [0.15, 0.2) is 0 Å². The Balaban J connectivity index is 2.14. The Labute approximate surface area is 144 Å². The fourth-order valence-corrected chi connectivity index (χ4v) is 2.32. The summed E-state index contributed by atoms with van der Waals surface area (Å²) in [6.07, 6.45) is 0. The summed E-state index contributed by atoms with van der Waals surface area (Å²) in [6.45, 7) is 1.65. The van der Waals surface area contributed by atoms with E-state index >= 15 is 0 Å². The van der Waals surface area contributed by atoms with Crippen LogP contribution in [0.5, 0.6) is 11.5 Å². The van der Waals surface area contributed by atoms with Gasteiger partial charge in [0, 0.05) is 6.07 Å². The molecule has 7 heteroatoms. The van der Waals surface area contributed by atoms with Crippen LogP contribution < -0.4 is 20.1 Å². The lowest BCUT2D eigenvalue weighted by Gasteiger charge is -2.18. The lowest BCUT2D eigenvalue weighted by atomic mass is 10.2. The summed E-state index contributed by atoms with van der Waals surface area (Å²) in [6, 6.07) is 8.53. The number of ether oxygens (including phenoxy) is 2. The number of benzene rings is 2. The number of hydrogen-bond acceptors (Lipinski definition) is 4. The maximum absolute atomic E-state index is 13.6. The van der Waals surface area contributed by atoms with Crippen molar-refractivity contribution in [2.75, 3.05) is 24.9 Å². The van der Waals surface area contributed by atoms with Gasteiger partial charge in [0.2, 0.25) is 5.91 Å². The van der Waals surface area contributed by atoms with E-state index in [1.54, 1.807) is 31.2 Å². The average Bonchev–Trinajstić information content (AvgIpc) is 2.57. The zero-order chi connectivity index (χ0) is 17.7. The molecule has 0 heterocycles. The van der Waals surface area contributed by atoms with Crippen molar-refractivity contribution in [3.05, 3.63) is 47.2 Å². The first-order chi connectivity index (χ1) is 11.5. The normalized spacial score (nSPS) is 11.5. The highest BCUT2D eigenvalue weighted by molar-refractivity contribution is 6.32. The number of halogens is 2. The third-order valence-corrected chi connectivity index (χ3v) is 3.67. The van der Waals surface area contributed by atoms with Gasteiger partial charge in [0.25, 0.3) is 0 Å². The van der Waals surface area contributed by atoms with E-state index in [1.165, 1.54) is 26.4 Å². The number of methoxy groups -OCH3 is 2. The number of rotatable bonds is 6. The van der Waals surface area contributed by atoms with Crippen LogP contribution in [0.15, 0.2) is 36.4 Å². The summed E-state index contributed by atoms with van der Waals surface area (Å²) in [7, 11) is 3.00. The van der Waals surface area contributed by atoms with Crippen LogP contribution in [0.25, 0.3) is 0 Å². The molecule has 0 saturated heterocycles. The zero-order valence-corrected chi connectivity index (χ0v) is 14.3. The highest BCUT2D eigenvalue weighted by Gasteiger charge is 2.18. The van der Waals surface area contributed by atoms with Gasteiger partial charge < -0.3 is 20.1 Å². The Morgan fingerprint density at radius 1 is 1.12 bits per heavy atom. The second kappa shape index (κ2) is 7.88. The lowest BCUT2D eigenvalue weighted by Crippen LogP contribution is -2.32. The molecule has 0 aliphatic rings. The molecule has 0 fully saturated rings. The molecule has 5 nitrogen and oxygen atoms in total. The molecule has 0 bridgehead atoms. The van der Waals surface area contributed by atoms with Gasteiger partial charge in [-0.25, -0.2) is 4.39 Å². The largest absolute Gasteiger partial charge is 0.495 e. The minimum absolute atomic E-state index is 0.121. The van der Waals surface area contributed by atoms with Gasteiger partial charge in [-0.1, -0.05) is 23.7 Å². The predicted octanol–water partition coefficient (Wildman–Crippen LogP) is 3.94. The molecule has 0 aliphatic carbocycles. The monoisotopic (exact) mass is 352 g/mol. The Bertz CT molecular complexity index is 740. The second-order valence-corrected chi connectivity index (χ2v) is 5.43. The molecule has 0 aromatic heterocycles. The first kappa shape index (κ1) is 17.9. The number of amides is 1. The van der Waals surface area contributed by atoms with Crippen molar-refractivity contribution in [1.82, 2.24) is 0 Å². The number of para-hydroxylation sites is 1. The number of hydrogen-bond donors (Lipinski definition) is 2. The van der Waals surface area contributed by atoms with Crippen LogP contribution in [0.1, 0.15) is 6.92 Å². The molecule has 2 aromatic carbocycles. The van der Waals surface area contributed by atoms with Gasteiger partial charge in [-0.2, -0.15) is 0 Å². The smallest absolute Gasteiger partial charge is 0.246 e. The highest BCUT2D eigenvalue weighted by atomic mass is 35.5. The number of carbonyl (C=O) groups is 1. The van der Waals surface area contributed by atoms with Crippen LogP contribution >= 0.6 is 11.6 Å². The molecule has 0 spiro atoms. The fourth-order valence-electron chi connectivity index (χ4n) is 2.08. The Hall–Kier alpha value is -2.47. The molecule has 2 rings (SSSR count). The zero-order valence-electron chi connectivity index (χ0n) is 13.5. The van der Waals surface area contributed by atoms with Crippen LogP contribution in [0, 0.1) is 5.82 Å². The van der Waals surface area contributed by atoms with E-state index < -0.39 is 17.8 Å². The van der Waals surface area contributed by atoms with Crippen LogP contribution in [0.3, 0.4) is 0 Å². The van der Waals surface area contributed by atoms with E-state index in [0.717, 1.165) is 0 Å². The molecule has 1 amide bonds. The molecule has 0 radical (unpaired) electrons. The van der Waals surface area contributed by atoms with Crippen LogP contribution in [0.4, 0.5) is 15.8 Å². The van der Waals surface area contributed by atoms with E-state index in [2.05, 4.69) is 10.6 Å². The molecule has 2 aromatic rings. The summed E-state index contributed by atoms with van der Waals surface area (Å²) in [4.78, 5) is 12.2. The Morgan fingerprint density at radius 3 is 2.42 bits per heavy atom. The molecule has 2 N–H and O–H groups in total. The summed E-state index contributed by atoms with van der Waals surface area (Å²) >= 11 is 6.10. The third-order valence-electron chi connectivity index (χ3n) is 3.37. The average molecular weight is 353 g/mol. The van der Waals surface area contributed by atoms with Crippen molar-refractivity contribution < 1.29 is 18.7 Å². The minimum Gasteiger partial charge on any atom is -0.495 e. The molecule has 24 heavy (non-hydrogen) atoms. The third kappa shape index (κ3) is 4.08. The van der Waals surface area contributed by atoms with E-state index in [9.17, 15) is 9.18 Å². The Morgan fingerprint density at radius 2 is 1.79 bits per heavy atom. The SMILES string of the molecule is COc1cc(OC)c(N[C@H](C)C(=O)Nc2ccccc2F)cc1Cl. The van der Waals surface area contributed by atoms with Gasteiger partial charge in [0.1, 0.15) is 23.4 Å². The van der Waals surface area contributed by atoms with Gasteiger partial charge in [-0.3, -0.25) is 4.79 Å². The summed E-state index contributed by atoms with van der Waals surface area (Å²) in [5, 5.41) is 5.90. The number of carbonyl (C=O) groups excluding carboxylic acids is 1. The van der Waals surface area contributed by atoms with Crippen molar-refractivity contribution in [3.63, 3.8) is 0 Å². The summed E-state index contributed by atoms with van der Waals surface area (Å²) < 4.78 is 24.0. The van der Waals surface area contributed by atoms with Gasteiger partial charge >= 0.3 is 0 Å². The molecule has 1 atom stereocenters. The van der Waals surface area contributed by atoms with E-state index in [-0.39, 0.29) is 5.69 Å².